The summed E-state index contributed by atoms with van der Waals surface area (Å²) in [5, 5.41) is 3.24. The number of ether oxygens (including phenoxy) is 1. The molecule has 1 aromatic heterocycles. The molecule has 31 heavy (non-hydrogen) atoms. The summed E-state index contributed by atoms with van der Waals surface area (Å²) >= 11 is 0. The molecule has 4 aliphatic rings. The first-order valence-corrected chi connectivity index (χ1v) is 10.8. The van der Waals surface area contributed by atoms with Crippen LogP contribution in [0.2, 0.25) is 0 Å². The van der Waals surface area contributed by atoms with Gasteiger partial charge in [0.05, 0.1) is 12.2 Å². The highest BCUT2D eigenvalue weighted by Gasteiger charge is 2.29. The standard InChI is InChI=1S/C24H22F2N4O/c1-12-6-16-17(7-12)23(26)20(9-18(16)25)31-24-28-19(14-4-5-14)10-22(30-24)29-21-8-15(11-27-21)13-2-3-13/h7-10,13-14H,2-6,11H2,1H3,(H,27,28,29,30). The Morgan fingerprint density at radius 2 is 1.84 bits per heavy atom. The minimum absolute atomic E-state index is 0.00819. The van der Waals surface area contributed by atoms with Crippen LogP contribution >= 0.6 is 0 Å². The monoisotopic (exact) mass is 420 g/mol. The Morgan fingerprint density at radius 3 is 2.61 bits per heavy atom. The molecule has 0 unspecified atom stereocenters. The van der Waals surface area contributed by atoms with Crippen LogP contribution in [0.4, 0.5) is 14.6 Å². The van der Waals surface area contributed by atoms with Crippen LogP contribution in [0.1, 0.15) is 55.3 Å². The lowest BCUT2D eigenvalue weighted by atomic mass is 10.1. The average Bonchev–Trinajstić information content (AvgIpc) is 3.67. The molecule has 5 nitrogen and oxygen atoms in total. The molecule has 7 heteroatoms. The van der Waals surface area contributed by atoms with Gasteiger partial charge in [0, 0.05) is 29.2 Å². The van der Waals surface area contributed by atoms with Crippen molar-refractivity contribution in [2.24, 2.45) is 10.9 Å². The minimum atomic E-state index is -0.583. The average molecular weight is 420 g/mol. The highest BCUT2D eigenvalue weighted by atomic mass is 19.1. The van der Waals surface area contributed by atoms with E-state index in [2.05, 4.69) is 26.4 Å². The fourth-order valence-corrected chi connectivity index (χ4v) is 4.23. The van der Waals surface area contributed by atoms with Gasteiger partial charge in [-0.3, -0.25) is 4.99 Å². The van der Waals surface area contributed by atoms with Gasteiger partial charge in [-0.1, -0.05) is 11.6 Å². The summed E-state index contributed by atoms with van der Waals surface area (Å²) in [6.45, 7) is 2.58. The van der Waals surface area contributed by atoms with Crippen molar-refractivity contribution in [1.82, 2.24) is 9.97 Å². The first-order chi connectivity index (χ1) is 15.0. The Balaban J connectivity index is 1.30. The van der Waals surface area contributed by atoms with E-state index in [0.29, 0.717) is 29.6 Å². The molecule has 1 N–H and O–H groups in total. The summed E-state index contributed by atoms with van der Waals surface area (Å²) in [5.74, 6) is 1.08. The molecule has 0 bridgehead atoms. The van der Waals surface area contributed by atoms with Crippen molar-refractivity contribution in [1.29, 1.82) is 0 Å². The van der Waals surface area contributed by atoms with Crippen LogP contribution in [0.5, 0.6) is 11.8 Å². The number of nitrogens with zero attached hydrogens (tertiary/aromatic N) is 3. The van der Waals surface area contributed by atoms with Crippen molar-refractivity contribution in [3.63, 3.8) is 0 Å². The Hall–Kier alpha value is -3.09. The maximum atomic E-state index is 15.0. The molecular formula is C24H22F2N4O. The van der Waals surface area contributed by atoms with Crippen LogP contribution in [-0.4, -0.2) is 22.3 Å². The van der Waals surface area contributed by atoms with Crippen LogP contribution in [0.25, 0.3) is 6.08 Å². The summed E-state index contributed by atoms with van der Waals surface area (Å²) in [5.41, 5.74) is 3.74. The predicted molar refractivity (Wildman–Crippen MR) is 115 cm³/mol. The zero-order valence-electron chi connectivity index (χ0n) is 17.2. The Bertz CT molecular complexity index is 1190. The van der Waals surface area contributed by atoms with Crippen LogP contribution in [-0.2, 0) is 6.42 Å². The van der Waals surface area contributed by atoms with Gasteiger partial charge < -0.3 is 10.1 Å². The summed E-state index contributed by atoms with van der Waals surface area (Å²) < 4.78 is 35.2. The highest BCUT2D eigenvalue weighted by Crippen LogP contribution is 2.41. The molecular weight excluding hydrogens is 398 g/mol. The van der Waals surface area contributed by atoms with Gasteiger partial charge >= 0.3 is 6.01 Å². The van der Waals surface area contributed by atoms with Crippen LogP contribution in [0.3, 0.4) is 0 Å². The van der Waals surface area contributed by atoms with E-state index < -0.39 is 11.6 Å². The van der Waals surface area contributed by atoms with E-state index >= 15 is 4.39 Å². The molecule has 2 fully saturated rings. The Morgan fingerprint density at radius 1 is 1.03 bits per heavy atom. The van der Waals surface area contributed by atoms with E-state index in [-0.39, 0.29) is 17.3 Å². The van der Waals surface area contributed by atoms with Crippen molar-refractivity contribution >= 4 is 17.7 Å². The second kappa shape index (κ2) is 6.97. The molecule has 2 saturated carbocycles. The predicted octanol–water partition coefficient (Wildman–Crippen LogP) is 5.54. The third kappa shape index (κ3) is 3.62. The normalized spacial score (nSPS) is 19.6. The number of anilines is 1. The molecule has 0 saturated heterocycles. The largest absolute Gasteiger partial charge is 0.421 e. The minimum Gasteiger partial charge on any atom is -0.421 e. The number of aromatic nitrogens is 2. The second-order valence-corrected chi connectivity index (χ2v) is 8.89. The number of aliphatic imine (C=N–C) groups is 1. The molecule has 158 valence electrons. The van der Waals surface area contributed by atoms with Gasteiger partial charge in [-0.15, -0.1) is 0 Å². The number of benzene rings is 1. The molecule has 2 heterocycles. The number of rotatable bonds is 5. The molecule has 0 spiro atoms. The second-order valence-electron chi connectivity index (χ2n) is 8.89. The number of hydrogen-bond donors (Lipinski definition) is 1. The number of halogens is 2. The van der Waals surface area contributed by atoms with Crippen molar-refractivity contribution in [2.45, 2.75) is 44.9 Å². The summed E-state index contributed by atoms with van der Waals surface area (Å²) in [7, 11) is 0. The van der Waals surface area contributed by atoms with Crippen molar-refractivity contribution < 1.29 is 13.5 Å². The van der Waals surface area contributed by atoms with Crippen LogP contribution < -0.4 is 10.1 Å². The quantitative estimate of drug-likeness (QED) is 0.690. The summed E-state index contributed by atoms with van der Waals surface area (Å²) in [6.07, 6.45) is 8.74. The van der Waals surface area contributed by atoms with Gasteiger partial charge in [-0.05, 0) is 56.6 Å². The third-order valence-corrected chi connectivity index (χ3v) is 6.20. The number of allylic oxidation sites excluding steroid dienone is 1. The Labute approximate surface area is 179 Å². The zero-order valence-corrected chi connectivity index (χ0v) is 17.2. The molecule has 3 aliphatic carbocycles. The molecule has 2 aromatic rings. The molecule has 6 rings (SSSR count). The van der Waals surface area contributed by atoms with Gasteiger partial charge in [0.25, 0.3) is 0 Å². The molecule has 0 amide bonds. The lowest BCUT2D eigenvalue weighted by Gasteiger charge is -2.12. The van der Waals surface area contributed by atoms with E-state index in [1.807, 2.05) is 13.0 Å². The van der Waals surface area contributed by atoms with Gasteiger partial charge in [0.2, 0.25) is 0 Å². The number of fused-ring (bicyclic) bond motifs is 1. The first kappa shape index (κ1) is 18.7. The van der Waals surface area contributed by atoms with Crippen molar-refractivity contribution in [3.05, 3.63) is 57.8 Å². The maximum absolute atomic E-state index is 15.0. The van der Waals surface area contributed by atoms with E-state index in [0.717, 1.165) is 42.6 Å². The number of nitrogens with one attached hydrogen (secondary N) is 1. The molecule has 1 aliphatic heterocycles. The van der Waals surface area contributed by atoms with E-state index in [1.165, 1.54) is 18.4 Å². The zero-order chi connectivity index (χ0) is 21.1. The van der Waals surface area contributed by atoms with Gasteiger partial charge in [0.1, 0.15) is 17.5 Å². The lowest BCUT2D eigenvalue weighted by Crippen LogP contribution is -2.10. The SMILES string of the molecule is CC1=Cc2c(F)c(Oc3nc(NC4=NCC(C5CC5)=C4)cc(C4CC4)n3)cc(F)c2C1. The molecule has 1 aromatic carbocycles. The molecule has 0 atom stereocenters. The van der Waals surface area contributed by atoms with E-state index in [1.54, 1.807) is 6.08 Å². The fourth-order valence-electron chi connectivity index (χ4n) is 4.23. The van der Waals surface area contributed by atoms with Gasteiger partial charge in [0.15, 0.2) is 11.6 Å². The number of hydrogen-bond acceptors (Lipinski definition) is 5. The van der Waals surface area contributed by atoms with Gasteiger partial charge in [-0.2, -0.15) is 9.97 Å². The number of amidine groups is 1. The highest BCUT2D eigenvalue weighted by molar-refractivity contribution is 6.05. The maximum Gasteiger partial charge on any atom is 0.324 e. The van der Waals surface area contributed by atoms with E-state index in [9.17, 15) is 4.39 Å². The third-order valence-electron chi connectivity index (χ3n) is 6.20. The topological polar surface area (TPSA) is 59.4 Å². The Kier molecular flexibility index (Phi) is 4.20. The van der Waals surface area contributed by atoms with Crippen molar-refractivity contribution in [2.75, 3.05) is 11.9 Å². The smallest absolute Gasteiger partial charge is 0.324 e. The van der Waals surface area contributed by atoms with Crippen LogP contribution in [0, 0.1) is 17.6 Å². The van der Waals surface area contributed by atoms with Crippen molar-refractivity contribution in [3.8, 4) is 11.8 Å². The lowest BCUT2D eigenvalue weighted by molar-refractivity contribution is 0.404. The first-order valence-electron chi connectivity index (χ1n) is 10.8. The summed E-state index contributed by atoms with van der Waals surface area (Å²) in [4.78, 5) is 13.4. The van der Waals surface area contributed by atoms with Crippen LogP contribution in [0.15, 0.2) is 34.3 Å². The van der Waals surface area contributed by atoms with Gasteiger partial charge in [-0.25, -0.2) is 8.78 Å². The van der Waals surface area contributed by atoms with E-state index in [4.69, 9.17) is 4.74 Å². The fraction of sp³-hybridized carbons (Fsp3) is 0.375. The molecule has 0 radical (unpaired) electrons. The summed E-state index contributed by atoms with van der Waals surface area (Å²) in [6, 6.07) is 2.99.